The van der Waals surface area contributed by atoms with Crippen LogP contribution < -0.4 is 10.6 Å². The van der Waals surface area contributed by atoms with E-state index in [1.54, 1.807) is 6.92 Å². The zero-order chi connectivity index (χ0) is 19.6. The van der Waals surface area contributed by atoms with Crippen LogP contribution in [0.15, 0.2) is 47.8 Å². The molecule has 3 rings (SSSR count). The summed E-state index contributed by atoms with van der Waals surface area (Å²) in [4.78, 5) is 28.9. The fraction of sp³-hybridized carbons (Fsp3) is 0.286. The van der Waals surface area contributed by atoms with Crippen molar-refractivity contribution in [3.05, 3.63) is 47.8 Å². The lowest BCUT2D eigenvalue weighted by atomic mass is 9.95. The maximum Gasteiger partial charge on any atom is 0.248 e. The van der Waals surface area contributed by atoms with Crippen LogP contribution in [0.5, 0.6) is 0 Å². The molecule has 5 nitrogen and oxygen atoms in total. The van der Waals surface area contributed by atoms with E-state index in [1.165, 1.54) is 16.7 Å². The Balaban J connectivity index is 1.69. The van der Waals surface area contributed by atoms with Gasteiger partial charge in [-0.15, -0.1) is 11.3 Å². The average molecular weight is 382 g/mol. The molecule has 6 heteroatoms. The van der Waals surface area contributed by atoms with E-state index in [2.05, 4.69) is 39.9 Å². The van der Waals surface area contributed by atoms with E-state index >= 15 is 0 Å². The highest BCUT2D eigenvalue weighted by molar-refractivity contribution is 7.14. The predicted octanol–water partition coefficient (Wildman–Crippen LogP) is 4.45. The van der Waals surface area contributed by atoms with Gasteiger partial charge in [-0.3, -0.25) is 9.59 Å². The molecule has 0 aliphatic rings. The normalized spacial score (nSPS) is 12.6. The summed E-state index contributed by atoms with van der Waals surface area (Å²) in [5, 5.41) is 10.3. The standard InChI is InChI=1S/C21H23N3O2S/c1-13(22-19(26)21(2,3)4)18(25)24-20-23-17(12-27-20)16-10-9-14-7-5-6-8-15(14)11-16/h5-13H,1-4H3,(H,22,26)(H,23,24,25). The Morgan fingerprint density at radius 1 is 1.07 bits per heavy atom. The molecule has 0 bridgehead atoms. The third kappa shape index (κ3) is 4.52. The second kappa shape index (κ2) is 7.48. The van der Waals surface area contributed by atoms with Crippen LogP contribution in [0.1, 0.15) is 27.7 Å². The van der Waals surface area contributed by atoms with Crippen LogP contribution in [0.25, 0.3) is 22.0 Å². The summed E-state index contributed by atoms with van der Waals surface area (Å²) in [6.45, 7) is 7.09. The lowest BCUT2D eigenvalue weighted by Gasteiger charge is -2.21. The molecule has 2 N–H and O–H groups in total. The van der Waals surface area contributed by atoms with Crippen LogP contribution >= 0.6 is 11.3 Å². The molecule has 0 saturated carbocycles. The van der Waals surface area contributed by atoms with Crippen molar-refractivity contribution in [1.82, 2.24) is 10.3 Å². The van der Waals surface area contributed by atoms with Gasteiger partial charge in [-0.2, -0.15) is 0 Å². The van der Waals surface area contributed by atoms with Crippen LogP contribution in [0, 0.1) is 5.41 Å². The monoisotopic (exact) mass is 381 g/mol. The number of fused-ring (bicyclic) bond motifs is 1. The van der Waals surface area contributed by atoms with Gasteiger partial charge in [0.1, 0.15) is 6.04 Å². The van der Waals surface area contributed by atoms with Crippen molar-refractivity contribution in [2.75, 3.05) is 5.32 Å². The zero-order valence-corrected chi connectivity index (χ0v) is 16.7. The first-order valence-electron chi connectivity index (χ1n) is 8.80. The van der Waals surface area contributed by atoms with Crippen LogP contribution in [-0.2, 0) is 9.59 Å². The van der Waals surface area contributed by atoms with E-state index in [4.69, 9.17) is 0 Å². The van der Waals surface area contributed by atoms with Gasteiger partial charge >= 0.3 is 0 Å². The van der Waals surface area contributed by atoms with Crippen molar-refractivity contribution in [3.8, 4) is 11.3 Å². The SMILES string of the molecule is CC(NC(=O)C(C)(C)C)C(=O)Nc1nc(-c2ccc3ccccc3c2)cs1. The summed E-state index contributed by atoms with van der Waals surface area (Å²) in [5.74, 6) is -0.451. The topological polar surface area (TPSA) is 71.1 Å². The van der Waals surface area contributed by atoms with Gasteiger partial charge in [0.2, 0.25) is 11.8 Å². The number of rotatable bonds is 4. The lowest BCUT2D eigenvalue weighted by Crippen LogP contribution is -2.46. The Labute approximate surface area is 162 Å². The van der Waals surface area contributed by atoms with Crippen molar-refractivity contribution in [1.29, 1.82) is 0 Å². The summed E-state index contributed by atoms with van der Waals surface area (Å²) in [6.07, 6.45) is 0. The third-order valence-electron chi connectivity index (χ3n) is 4.20. The summed E-state index contributed by atoms with van der Waals surface area (Å²) in [7, 11) is 0. The number of carbonyl (C=O) groups excluding carboxylic acids is 2. The van der Waals surface area contributed by atoms with E-state index < -0.39 is 11.5 Å². The summed E-state index contributed by atoms with van der Waals surface area (Å²) < 4.78 is 0. The number of anilines is 1. The van der Waals surface area contributed by atoms with Crippen LogP contribution in [0.2, 0.25) is 0 Å². The Hall–Kier alpha value is -2.73. The van der Waals surface area contributed by atoms with E-state index in [9.17, 15) is 9.59 Å². The van der Waals surface area contributed by atoms with Gasteiger partial charge in [-0.1, -0.05) is 57.2 Å². The average Bonchev–Trinajstić information content (AvgIpc) is 3.08. The van der Waals surface area contributed by atoms with Gasteiger partial charge < -0.3 is 10.6 Å². The highest BCUT2D eigenvalue weighted by Gasteiger charge is 2.25. The fourth-order valence-electron chi connectivity index (χ4n) is 2.50. The Bertz CT molecular complexity index is 988. The molecule has 0 aliphatic heterocycles. The van der Waals surface area contributed by atoms with Crippen molar-refractivity contribution in [2.45, 2.75) is 33.7 Å². The fourth-order valence-corrected chi connectivity index (χ4v) is 3.23. The zero-order valence-electron chi connectivity index (χ0n) is 15.9. The molecule has 1 unspecified atom stereocenters. The van der Waals surface area contributed by atoms with Crippen LogP contribution in [0.4, 0.5) is 5.13 Å². The number of benzene rings is 2. The number of hydrogen-bond donors (Lipinski definition) is 2. The molecule has 140 valence electrons. The molecule has 0 spiro atoms. The number of carbonyl (C=O) groups is 2. The van der Waals surface area contributed by atoms with Crippen molar-refractivity contribution in [2.24, 2.45) is 5.41 Å². The number of nitrogens with zero attached hydrogens (tertiary/aromatic N) is 1. The molecular formula is C21H23N3O2S. The minimum absolute atomic E-state index is 0.166. The quantitative estimate of drug-likeness (QED) is 0.701. The van der Waals surface area contributed by atoms with E-state index in [1.807, 2.05) is 44.4 Å². The molecule has 2 aromatic carbocycles. The molecule has 3 aromatic rings. The molecule has 1 aromatic heterocycles. The molecule has 27 heavy (non-hydrogen) atoms. The first-order chi connectivity index (χ1) is 12.7. The Morgan fingerprint density at radius 2 is 1.78 bits per heavy atom. The van der Waals surface area contributed by atoms with Gasteiger partial charge in [0.05, 0.1) is 5.69 Å². The number of aromatic nitrogens is 1. The van der Waals surface area contributed by atoms with Crippen molar-refractivity contribution < 1.29 is 9.59 Å². The van der Waals surface area contributed by atoms with E-state index in [0.29, 0.717) is 5.13 Å². The van der Waals surface area contributed by atoms with E-state index in [-0.39, 0.29) is 11.8 Å². The molecule has 2 amide bonds. The summed E-state index contributed by atoms with van der Waals surface area (Å²) in [5.41, 5.74) is 1.27. The van der Waals surface area contributed by atoms with E-state index in [0.717, 1.165) is 16.6 Å². The number of hydrogen-bond acceptors (Lipinski definition) is 4. The van der Waals surface area contributed by atoms with Gasteiger partial charge in [-0.25, -0.2) is 4.98 Å². The van der Waals surface area contributed by atoms with Gasteiger partial charge in [0.15, 0.2) is 5.13 Å². The van der Waals surface area contributed by atoms with Crippen LogP contribution in [-0.4, -0.2) is 22.8 Å². The minimum atomic E-state index is -0.634. The van der Waals surface area contributed by atoms with Gasteiger partial charge in [0.25, 0.3) is 0 Å². The van der Waals surface area contributed by atoms with Crippen molar-refractivity contribution in [3.63, 3.8) is 0 Å². The second-order valence-corrected chi connectivity index (χ2v) is 8.39. The molecule has 0 radical (unpaired) electrons. The number of thiazole rings is 1. The maximum absolute atomic E-state index is 12.3. The molecule has 0 aliphatic carbocycles. The maximum atomic E-state index is 12.3. The molecule has 0 fully saturated rings. The Kier molecular flexibility index (Phi) is 5.28. The molecule has 0 saturated heterocycles. The second-order valence-electron chi connectivity index (χ2n) is 7.53. The third-order valence-corrected chi connectivity index (χ3v) is 4.96. The van der Waals surface area contributed by atoms with Crippen LogP contribution in [0.3, 0.4) is 0 Å². The number of nitrogens with one attached hydrogen (secondary N) is 2. The molecular weight excluding hydrogens is 358 g/mol. The summed E-state index contributed by atoms with van der Waals surface area (Å²) in [6, 6.07) is 13.7. The highest BCUT2D eigenvalue weighted by Crippen LogP contribution is 2.27. The lowest BCUT2D eigenvalue weighted by molar-refractivity contribution is -0.131. The van der Waals surface area contributed by atoms with Gasteiger partial charge in [-0.05, 0) is 23.8 Å². The largest absolute Gasteiger partial charge is 0.344 e. The first kappa shape index (κ1) is 19.0. The highest BCUT2D eigenvalue weighted by atomic mass is 32.1. The number of amides is 2. The smallest absolute Gasteiger partial charge is 0.248 e. The Morgan fingerprint density at radius 3 is 2.48 bits per heavy atom. The molecule has 1 heterocycles. The summed E-state index contributed by atoms with van der Waals surface area (Å²) >= 11 is 1.36. The predicted molar refractivity (Wildman–Crippen MR) is 111 cm³/mol. The van der Waals surface area contributed by atoms with Crippen molar-refractivity contribution >= 4 is 39.1 Å². The van der Waals surface area contributed by atoms with Gasteiger partial charge in [0, 0.05) is 16.4 Å². The minimum Gasteiger partial charge on any atom is -0.344 e. The first-order valence-corrected chi connectivity index (χ1v) is 9.68. The molecule has 1 atom stereocenters.